The molecule has 6 heteroatoms. The Bertz CT molecular complexity index is 736. The molecule has 124 valence electrons. The number of rotatable bonds is 6. The van der Waals surface area contributed by atoms with Crippen molar-refractivity contribution in [3.63, 3.8) is 0 Å². The molecule has 0 spiro atoms. The van der Waals surface area contributed by atoms with Gasteiger partial charge < -0.3 is 14.9 Å². The zero-order valence-electron chi connectivity index (χ0n) is 13.8. The van der Waals surface area contributed by atoms with Gasteiger partial charge in [-0.1, -0.05) is 12.1 Å². The lowest BCUT2D eigenvalue weighted by Gasteiger charge is -2.29. The van der Waals surface area contributed by atoms with Crippen molar-refractivity contribution in [3.05, 3.63) is 23.0 Å². The van der Waals surface area contributed by atoms with Crippen LogP contribution in [0.3, 0.4) is 0 Å². The number of carbonyl (C=O) groups excluding carboxylic acids is 1. The number of pyridine rings is 1. The average Bonchev–Trinajstić information content (AvgIpc) is 3.31. The number of carbonyl (C=O) groups is 1. The third-order valence-electron chi connectivity index (χ3n) is 4.74. The summed E-state index contributed by atoms with van der Waals surface area (Å²) in [7, 11) is 0. The zero-order chi connectivity index (χ0) is 16.6. The lowest BCUT2D eigenvalue weighted by atomic mass is 9.94. The van der Waals surface area contributed by atoms with E-state index in [0.717, 1.165) is 25.0 Å². The first kappa shape index (κ1) is 15.9. The van der Waals surface area contributed by atoms with Crippen molar-refractivity contribution in [2.24, 2.45) is 0 Å². The summed E-state index contributed by atoms with van der Waals surface area (Å²) in [6.45, 7) is 5.80. The van der Waals surface area contributed by atoms with Crippen LogP contribution in [0.15, 0.2) is 10.6 Å². The molecule has 1 aliphatic carbocycles. The van der Waals surface area contributed by atoms with E-state index in [1.165, 1.54) is 0 Å². The Kier molecular flexibility index (Phi) is 4.10. The van der Waals surface area contributed by atoms with Crippen LogP contribution in [0.4, 0.5) is 0 Å². The molecule has 2 aromatic rings. The SMILES string of the molecule is CCC(C)(CCO)NC(=O)c1cc(C2CC2)nc2onc(C)c12. The van der Waals surface area contributed by atoms with Crippen molar-refractivity contribution in [2.45, 2.75) is 57.9 Å². The molecule has 0 aromatic carbocycles. The van der Waals surface area contributed by atoms with E-state index in [1.54, 1.807) is 0 Å². The lowest BCUT2D eigenvalue weighted by molar-refractivity contribution is 0.0887. The molecule has 1 amide bonds. The van der Waals surface area contributed by atoms with E-state index in [1.807, 2.05) is 26.8 Å². The molecule has 1 unspecified atom stereocenters. The van der Waals surface area contributed by atoms with Crippen LogP contribution >= 0.6 is 0 Å². The third kappa shape index (κ3) is 3.08. The number of aromatic nitrogens is 2. The molecule has 0 radical (unpaired) electrons. The van der Waals surface area contributed by atoms with Crippen LogP contribution in [0.1, 0.15) is 67.2 Å². The molecule has 3 rings (SSSR count). The minimum atomic E-state index is -0.438. The van der Waals surface area contributed by atoms with Gasteiger partial charge in [-0.25, -0.2) is 4.98 Å². The summed E-state index contributed by atoms with van der Waals surface area (Å²) in [5.41, 5.74) is 2.12. The van der Waals surface area contributed by atoms with Gasteiger partial charge in [0.15, 0.2) is 0 Å². The summed E-state index contributed by atoms with van der Waals surface area (Å²) in [6.07, 6.45) is 3.46. The van der Waals surface area contributed by atoms with E-state index in [9.17, 15) is 9.90 Å². The van der Waals surface area contributed by atoms with Crippen molar-refractivity contribution in [1.82, 2.24) is 15.5 Å². The zero-order valence-corrected chi connectivity index (χ0v) is 13.8. The number of aliphatic hydroxyl groups is 1. The highest BCUT2D eigenvalue weighted by atomic mass is 16.5. The predicted octanol–water partition coefficient (Wildman–Crippen LogP) is 2.69. The number of amides is 1. The second-order valence-electron chi connectivity index (χ2n) is 6.66. The van der Waals surface area contributed by atoms with Crippen molar-refractivity contribution in [3.8, 4) is 0 Å². The molecule has 2 heterocycles. The van der Waals surface area contributed by atoms with Gasteiger partial charge in [0, 0.05) is 23.8 Å². The van der Waals surface area contributed by atoms with E-state index in [-0.39, 0.29) is 12.5 Å². The number of nitrogens with one attached hydrogen (secondary N) is 1. The standard InChI is InChI=1S/C17H23N3O3/c1-4-17(3,7-8-21)19-15(22)12-9-13(11-5-6-11)18-16-14(12)10(2)20-23-16/h9,11,21H,4-8H2,1-3H3,(H,19,22). The maximum absolute atomic E-state index is 12.9. The minimum Gasteiger partial charge on any atom is -0.396 e. The van der Waals surface area contributed by atoms with Crippen LogP contribution in [-0.4, -0.2) is 33.3 Å². The van der Waals surface area contributed by atoms with Crippen LogP contribution in [0.5, 0.6) is 0 Å². The summed E-state index contributed by atoms with van der Waals surface area (Å²) in [5, 5.41) is 16.9. The Hall–Kier alpha value is -1.95. The molecule has 2 aromatic heterocycles. The van der Waals surface area contributed by atoms with Gasteiger partial charge in [-0.15, -0.1) is 0 Å². The van der Waals surface area contributed by atoms with E-state index >= 15 is 0 Å². The van der Waals surface area contributed by atoms with Crippen molar-refractivity contribution >= 4 is 17.0 Å². The maximum Gasteiger partial charge on any atom is 0.259 e. The van der Waals surface area contributed by atoms with Crippen molar-refractivity contribution < 1.29 is 14.4 Å². The fraction of sp³-hybridized carbons (Fsp3) is 0.588. The number of fused-ring (bicyclic) bond motifs is 1. The second-order valence-corrected chi connectivity index (χ2v) is 6.66. The first-order valence-electron chi connectivity index (χ1n) is 8.17. The van der Waals surface area contributed by atoms with Crippen LogP contribution < -0.4 is 5.32 Å². The first-order chi connectivity index (χ1) is 11.0. The van der Waals surface area contributed by atoms with E-state index in [0.29, 0.717) is 34.7 Å². The number of aliphatic hydroxyl groups excluding tert-OH is 1. The largest absolute Gasteiger partial charge is 0.396 e. The van der Waals surface area contributed by atoms with Crippen LogP contribution in [0.25, 0.3) is 11.1 Å². The molecule has 0 saturated heterocycles. The number of hydrogen-bond donors (Lipinski definition) is 2. The van der Waals surface area contributed by atoms with Crippen LogP contribution in [-0.2, 0) is 0 Å². The minimum absolute atomic E-state index is 0.0377. The van der Waals surface area contributed by atoms with Gasteiger partial charge in [0.1, 0.15) is 0 Å². The normalized spacial score (nSPS) is 17.2. The molecule has 6 nitrogen and oxygen atoms in total. The van der Waals surface area contributed by atoms with Gasteiger partial charge in [0.2, 0.25) is 0 Å². The molecular formula is C17H23N3O3. The maximum atomic E-state index is 12.9. The predicted molar refractivity (Wildman–Crippen MR) is 86.4 cm³/mol. The molecule has 0 aliphatic heterocycles. The van der Waals surface area contributed by atoms with Gasteiger partial charge in [-0.2, -0.15) is 0 Å². The summed E-state index contributed by atoms with van der Waals surface area (Å²) >= 11 is 0. The second kappa shape index (κ2) is 5.92. The third-order valence-corrected chi connectivity index (χ3v) is 4.74. The average molecular weight is 317 g/mol. The van der Waals surface area contributed by atoms with E-state index in [4.69, 9.17) is 4.52 Å². The molecule has 0 bridgehead atoms. The van der Waals surface area contributed by atoms with Crippen molar-refractivity contribution in [2.75, 3.05) is 6.61 Å². The van der Waals surface area contributed by atoms with E-state index < -0.39 is 5.54 Å². The first-order valence-corrected chi connectivity index (χ1v) is 8.17. The van der Waals surface area contributed by atoms with Gasteiger partial charge in [0.05, 0.1) is 16.6 Å². The van der Waals surface area contributed by atoms with Gasteiger partial charge in [-0.3, -0.25) is 4.79 Å². The molecule has 1 aliphatic rings. The molecule has 1 fully saturated rings. The van der Waals surface area contributed by atoms with Gasteiger partial charge in [-0.05, 0) is 45.6 Å². The van der Waals surface area contributed by atoms with Crippen LogP contribution in [0, 0.1) is 6.92 Å². The number of hydrogen-bond acceptors (Lipinski definition) is 5. The van der Waals surface area contributed by atoms with Gasteiger partial charge >= 0.3 is 0 Å². The summed E-state index contributed by atoms with van der Waals surface area (Å²) < 4.78 is 5.28. The molecule has 1 saturated carbocycles. The highest BCUT2D eigenvalue weighted by Gasteiger charge is 2.30. The monoisotopic (exact) mass is 317 g/mol. The fourth-order valence-corrected chi connectivity index (χ4v) is 2.80. The summed E-state index contributed by atoms with van der Waals surface area (Å²) in [4.78, 5) is 17.4. The summed E-state index contributed by atoms with van der Waals surface area (Å²) in [6, 6.07) is 1.87. The molecule has 2 N–H and O–H groups in total. The lowest BCUT2D eigenvalue weighted by Crippen LogP contribution is -2.46. The Morgan fingerprint density at radius 1 is 1.52 bits per heavy atom. The topological polar surface area (TPSA) is 88.2 Å². The Labute approximate surface area is 135 Å². The Morgan fingerprint density at radius 3 is 2.87 bits per heavy atom. The van der Waals surface area contributed by atoms with Crippen molar-refractivity contribution in [1.29, 1.82) is 0 Å². The highest BCUT2D eigenvalue weighted by molar-refractivity contribution is 6.06. The highest BCUT2D eigenvalue weighted by Crippen LogP contribution is 2.40. The van der Waals surface area contributed by atoms with Gasteiger partial charge in [0.25, 0.3) is 11.6 Å². The Balaban J connectivity index is 2.00. The fourth-order valence-electron chi connectivity index (χ4n) is 2.80. The molecule has 1 atom stereocenters. The van der Waals surface area contributed by atoms with E-state index in [2.05, 4.69) is 15.5 Å². The van der Waals surface area contributed by atoms with Crippen LogP contribution in [0.2, 0.25) is 0 Å². The number of nitrogens with zero attached hydrogens (tertiary/aromatic N) is 2. The Morgan fingerprint density at radius 2 is 2.26 bits per heavy atom. The quantitative estimate of drug-likeness (QED) is 0.855. The molecular weight excluding hydrogens is 294 g/mol. The molecule has 23 heavy (non-hydrogen) atoms. The summed E-state index contributed by atoms with van der Waals surface area (Å²) in [5.74, 6) is 0.259. The smallest absolute Gasteiger partial charge is 0.259 e. The number of aryl methyl sites for hydroxylation is 1.